The Morgan fingerprint density at radius 2 is 2.28 bits per heavy atom. The Labute approximate surface area is 114 Å². The molecule has 2 rings (SSSR count). The predicted octanol–water partition coefficient (Wildman–Crippen LogP) is 1.15. The molecule has 1 unspecified atom stereocenters. The molecule has 1 fully saturated rings. The molecule has 18 heavy (non-hydrogen) atoms. The first-order valence-electron chi connectivity index (χ1n) is 5.60. The van der Waals surface area contributed by atoms with Gasteiger partial charge in [0.2, 0.25) is 0 Å². The van der Waals surface area contributed by atoms with E-state index in [9.17, 15) is 13.2 Å². The fraction of sp³-hybridized carbons (Fsp3) is 0.455. The summed E-state index contributed by atoms with van der Waals surface area (Å²) in [7, 11) is -3.01. The molecule has 1 aromatic rings. The quantitative estimate of drug-likeness (QED) is 0.842. The third-order valence-electron chi connectivity index (χ3n) is 2.94. The van der Waals surface area contributed by atoms with Crippen LogP contribution in [0.25, 0.3) is 0 Å². The van der Waals surface area contributed by atoms with Crippen molar-refractivity contribution in [3.63, 3.8) is 0 Å². The van der Waals surface area contributed by atoms with E-state index in [1.54, 1.807) is 12.1 Å². The van der Waals surface area contributed by atoms with Crippen LogP contribution in [-0.4, -0.2) is 36.9 Å². The fourth-order valence-electron chi connectivity index (χ4n) is 1.91. The van der Waals surface area contributed by atoms with Crippen molar-refractivity contribution in [2.45, 2.75) is 18.1 Å². The van der Waals surface area contributed by atoms with Gasteiger partial charge in [0.15, 0.2) is 9.84 Å². The molecule has 0 aliphatic carbocycles. The average molecular weight is 333 g/mol. The summed E-state index contributed by atoms with van der Waals surface area (Å²) in [4.78, 5) is 15.7. The lowest BCUT2D eigenvalue weighted by molar-refractivity contribution is 0.0953. The number of hydrogen-bond donors (Lipinski definition) is 1. The summed E-state index contributed by atoms with van der Waals surface area (Å²) in [5, 5.41) is 2.20. The van der Waals surface area contributed by atoms with E-state index in [-0.39, 0.29) is 18.2 Å². The first-order chi connectivity index (χ1) is 8.49. The van der Waals surface area contributed by atoms with Crippen molar-refractivity contribution in [2.75, 3.05) is 12.3 Å². The standard InChI is InChI=1S/C11H13BrN2O3S/c12-10-4-3-8(6-13-10)11(15)14-7-9-2-1-5-18(9,16)17/h3-4,6,9H,1-2,5,7H2,(H,14,15). The van der Waals surface area contributed by atoms with E-state index in [1.165, 1.54) is 6.20 Å². The second-order valence-electron chi connectivity index (χ2n) is 4.21. The van der Waals surface area contributed by atoms with Gasteiger partial charge in [0.1, 0.15) is 4.60 Å². The molecule has 98 valence electrons. The van der Waals surface area contributed by atoms with Gasteiger partial charge in [-0.25, -0.2) is 13.4 Å². The number of halogens is 1. The molecule has 1 aromatic heterocycles. The topological polar surface area (TPSA) is 76.1 Å². The first-order valence-corrected chi connectivity index (χ1v) is 8.11. The van der Waals surface area contributed by atoms with Gasteiger partial charge in [0, 0.05) is 12.7 Å². The van der Waals surface area contributed by atoms with Crippen molar-refractivity contribution in [3.8, 4) is 0 Å². The monoisotopic (exact) mass is 332 g/mol. The summed E-state index contributed by atoms with van der Waals surface area (Å²) in [6, 6.07) is 3.30. The normalized spacial score (nSPS) is 21.7. The number of nitrogens with one attached hydrogen (secondary N) is 1. The van der Waals surface area contributed by atoms with Crippen molar-refractivity contribution in [3.05, 3.63) is 28.5 Å². The van der Waals surface area contributed by atoms with Gasteiger partial charge in [0.05, 0.1) is 16.6 Å². The molecule has 0 bridgehead atoms. The van der Waals surface area contributed by atoms with E-state index < -0.39 is 15.1 Å². The summed E-state index contributed by atoms with van der Waals surface area (Å²) in [5.74, 6) is -0.0648. The number of rotatable bonds is 3. The van der Waals surface area contributed by atoms with Gasteiger partial charge in [0.25, 0.3) is 5.91 Å². The van der Waals surface area contributed by atoms with Crippen molar-refractivity contribution in [1.29, 1.82) is 0 Å². The van der Waals surface area contributed by atoms with Crippen LogP contribution in [0.2, 0.25) is 0 Å². The third-order valence-corrected chi connectivity index (χ3v) is 5.69. The van der Waals surface area contributed by atoms with Crippen molar-refractivity contribution in [2.24, 2.45) is 0 Å². The molecule has 1 aliphatic heterocycles. The lowest BCUT2D eigenvalue weighted by atomic mass is 10.2. The number of carbonyl (C=O) groups excluding carboxylic acids is 1. The second kappa shape index (κ2) is 5.36. The minimum absolute atomic E-state index is 0.178. The Bertz CT molecular complexity index is 542. The molecule has 1 N–H and O–H groups in total. The molecule has 0 aromatic carbocycles. The van der Waals surface area contributed by atoms with Crippen LogP contribution < -0.4 is 5.32 Å². The van der Waals surface area contributed by atoms with Crippen molar-refractivity contribution < 1.29 is 13.2 Å². The maximum absolute atomic E-state index is 11.8. The van der Waals surface area contributed by atoms with Crippen molar-refractivity contribution in [1.82, 2.24) is 10.3 Å². The van der Waals surface area contributed by atoms with E-state index in [4.69, 9.17) is 0 Å². The van der Waals surface area contributed by atoms with Crippen LogP contribution in [0.4, 0.5) is 0 Å². The Kier molecular flexibility index (Phi) is 4.01. The lowest BCUT2D eigenvalue weighted by Crippen LogP contribution is -2.34. The van der Waals surface area contributed by atoms with Crippen LogP contribution in [0.1, 0.15) is 23.2 Å². The second-order valence-corrected chi connectivity index (χ2v) is 7.42. The molecule has 7 heteroatoms. The highest BCUT2D eigenvalue weighted by atomic mass is 79.9. The summed E-state index contributed by atoms with van der Waals surface area (Å²) in [5.41, 5.74) is 0.425. The maximum Gasteiger partial charge on any atom is 0.252 e. The maximum atomic E-state index is 11.8. The SMILES string of the molecule is O=C(NCC1CCCS1(=O)=O)c1ccc(Br)nc1. The van der Waals surface area contributed by atoms with Crippen LogP contribution >= 0.6 is 15.9 Å². The van der Waals surface area contributed by atoms with Crippen molar-refractivity contribution >= 4 is 31.7 Å². The summed E-state index contributed by atoms with van der Waals surface area (Å²) in [6.07, 6.45) is 2.76. The van der Waals surface area contributed by atoms with Crippen LogP contribution in [0, 0.1) is 0 Å². The molecule has 1 aliphatic rings. The molecular weight excluding hydrogens is 320 g/mol. The molecular formula is C11H13BrN2O3S. The molecule has 1 amide bonds. The summed E-state index contributed by atoms with van der Waals surface area (Å²) < 4.78 is 23.8. The van der Waals surface area contributed by atoms with E-state index in [2.05, 4.69) is 26.2 Å². The Morgan fingerprint density at radius 1 is 1.50 bits per heavy atom. The number of pyridine rings is 1. The van der Waals surface area contributed by atoms with Gasteiger partial charge in [-0.2, -0.15) is 0 Å². The molecule has 0 radical (unpaired) electrons. The highest BCUT2D eigenvalue weighted by molar-refractivity contribution is 9.10. The van der Waals surface area contributed by atoms with Crippen LogP contribution in [0.5, 0.6) is 0 Å². The molecule has 1 atom stereocenters. The number of carbonyl (C=O) groups is 1. The summed E-state index contributed by atoms with van der Waals surface area (Å²) in [6.45, 7) is 0.178. The Hall–Kier alpha value is -0.950. The highest BCUT2D eigenvalue weighted by Crippen LogP contribution is 2.19. The minimum Gasteiger partial charge on any atom is -0.351 e. The van der Waals surface area contributed by atoms with Gasteiger partial charge in [-0.05, 0) is 40.9 Å². The Morgan fingerprint density at radius 3 is 2.83 bits per heavy atom. The number of sulfone groups is 1. The molecule has 1 saturated heterocycles. The number of aromatic nitrogens is 1. The highest BCUT2D eigenvalue weighted by Gasteiger charge is 2.31. The smallest absolute Gasteiger partial charge is 0.252 e. The zero-order chi connectivity index (χ0) is 13.2. The molecule has 0 saturated carbocycles. The zero-order valence-electron chi connectivity index (χ0n) is 9.60. The predicted molar refractivity (Wildman–Crippen MR) is 71.1 cm³/mol. The average Bonchev–Trinajstić information content (AvgIpc) is 2.66. The molecule has 2 heterocycles. The van der Waals surface area contributed by atoms with E-state index in [0.29, 0.717) is 23.0 Å². The number of amides is 1. The number of nitrogens with zero attached hydrogens (tertiary/aromatic N) is 1. The fourth-order valence-corrected chi connectivity index (χ4v) is 3.91. The van der Waals surface area contributed by atoms with Gasteiger partial charge < -0.3 is 5.32 Å². The number of hydrogen-bond acceptors (Lipinski definition) is 4. The van der Waals surface area contributed by atoms with Crippen LogP contribution in [0.3, 0.4) is 0 Å². The van der Waals surface area contributed by atoms with Gasteiger partial charge in [-0.3, -0.25) is 4.79 Å². The minimum atomic E-state index is -3.01. The van der Waals surface area contributed by atoms with Crippen LogP contribution in [-0.2, 0) is 9.84 Å². The van der Waals surface area contributed by atoms with Gasteiger partial charge in [-0.15, -0.1) is 0 Å². The molecule has 0 spiro atoms. The van der Waals surface area contributed by atoms with Gasteiger partial charge >= 0.3 is 0 Å². The Balaban J connectivity index is 1.95. The largest absolute Gasteiger partial charge is 0.351 e. The molecule has 5 nitrogen and oxygen atoms in total. The van der Waals surface area contributed by atoms with Crippen LogP contribution in [0.15, 0.2) is 22.9 Å². The third kappa shape index (κ3) is 3.08. The lowest BCUT2D eigenvalue weighted by Gasteiger charge is -2.10. The van der Waals surface area contributed by atoms with E-state index >= 15 is 0 Å². The summed E-state index contributed by atoms with van der Waals surface area (Å²) >= 11 is 3.18. The van der Waals surface area contributed by atoms with E-state index in [1.807, 2.05) is 0 Å². The zero-order valence-corrected chi connectivity index (χ0v) is 12.0. The first kappa shape index (κ1) is 13.5. The van der Waals surface area contributed by atoms with E-state index in [0.717, 1.165) is 0 Å². The van der Waals surface area contributed by atoms with Gasteiger partial charge in [-0.1, -0.05) is 0 Å².